The number of methoxy groups -OCH3 is 1. The standard InChI is InChI=1S/C30H28F2N2O3/c1-19(24-9-5-7-20-6-3-4-8-25(20)24)33-15-14-23-18-34(28-16-21(31)10-13-29(28)37-23)22-11-12-27(32)26(17-22)30(35)36-2/h3-13,16-17,19,23,33H,14-15,18H2,1-2H3. The molecule has 0 aliphatic carbocycles. The molecule has 1 N–H and O–H groups in total. The molecule has 1 aliphatic rings. The first-order chi connectivity index (χ1) is 17.9. The highest BCUT2D eigenvalue weighted by Gasteiger charge is 2.28. The molecule has 0 radical (unpaired) electrons. The van der Waals surface area contributed by atoms with Crippen LogP contribution in [0, 0.1) is 11.6 Å². The maximum Gasteiger partial charge on any atom is 0.340 e. The molecule has 0 spiro atoms. The van der Waals surface area contributed by atoms with Gasteiger partial charge in [0.15, 0.2) is 0 Å². The van der Waals surface area contributed by atoms with Crippen molar-refractivity contribution >= 4 is 28.1 Å². The van der Waals surface area contributed by atoms with Crippen molar-refractivity contribution in [2.24, 2.45) is 0 Å². The fraction of sp³-hybridized carbons (Fsp3) is 0.233. The summed E-state index contributed by atoms with van der Waals surface area (Å²) in [7, 11) is 1.20. The Hall–Kier alpha value is -3.97. The summed E-state index contributed by atoms with van der Waals surface area (Å²) in [5.41, 5.74) is 2.13. The van der Waals surface area contributed by atoms with Gasteiger partial charge in [-0.2, -0.15) is 0 Å². The summed E-state index contributed by atoms with van der Waals surface area (Å²) in [6.45, 7) is 3.24. The molecule has 190 valence electrons. The Morgan fingerprint density at radius 3 is 2.73 bits per heavy atom. The Morgan fingerprint density at radius 1 is 1.08 bits per heavy atom. The van der Waals surface area contributed by atoms with E-state index in [1.54, 1.807) is 12.1 Å². The average Bonchev–Trinajstić information content (AvgIpc) is 2.92. The number of nitrogens with zero attached hydrogens (tertiary/aromatic N) is 1. The van der Waals surface area contributed by atoms with Crippen LogP contribution in [-0.2, 0) is 4.74 Å². The molecule has 2 unspecified atom stereocenters. The maximum atomic E-state index is 14.3. The molecule has 0 aromatic heterocycles. The molecule has 5 rings (SSSR count). The second-order valence-corrected chi connectivity index (χ2v) is 9.15. The van der Waals surface area contributed by atoms with Gasteiger partial charge < -0.3 is 19.7 Å². The topological polar surface area (TPSA) is 50.8 Å². The summed E-state index contributed by atoms with van der Waals surface area (Å²) in [5.74, 6) is -1.32. The Bertz CT molecular complexity index is 1440. The van der Waals surface area contributed by atoms with E-state index in [9.17, 15) is 13.6 Å². The maximum absolute atomic E-state index is 14.3. The van der Waals surface area contributed by atoms with E-state index < -0.39 is 17.6 Å². The SMILES string of the molecule is COC(=O)c1cc(N2CC(CCNC(C)c3cccc4ccccc34)Oc3ccc(F)cc32)ccc1F. The monoisotopic (exact) mass is 502 g/mol. The highest BCUT2D eigenvalue weighted by atomic mass is 19.1. The third kappa shape index (κ3) is 5.13. The van der Waals surface area contributed by atoms with Crippen molar-refractivity contribution in [3.63, 3.8) is 0 Å². The first kappa shape index (κ1) is 24.7. The lowest BCUT2D eigenvalue weighted by molar-refractivity contribution is 0.0595. The second kappa shape index (κ2) is 10.6. The van der Waals surface area contributed by atoms with Crippen LogP contribution in [0.4, 0.5) is 20.2 Å². The molecule has 0 saturated heterocycles. The largest absolute Gasteiger partial charge is 0.486 e. The molecule has 4 aromatic rings. The van der Waals surface area contributed by atoms with Crippen LogP contribution in [0.15, 0.2) is 78.9 Å². The van der Waals surface area contributed by atoms with Gasteiger partial charge >= 0.3 is 5.97 Å². The summed E-state index contributed by atoms with van der Waals surface area (Å²) in [6, 6.07) is 23.3. The summed E-state index contributed by atoms with van der Waals surface area (Å²) in [6.07, 6.45) is 0.477. The van der Waals surface area contributed by atoms with Crippen LogP contribution in [0.3, 0.4) is 0 Å². The number of anilines is 2. The summed E-state index contributed by atoms with van der Waals surface area (Å²) in [4.78, 5) is 13.9. The van der Waals surface area contributed by atoms with Crippen molar-refractivity contribution < 1.29 is 23.0 Å². The predicted molar refractivity (Wildman–Crippen MR) is 141 cm³/mol. The lowest BCUT2D eigenvalue weighted by atomic mass is 9.99. The van der Waals surface area contributed by atoms with E-state index in [1.165, 1.54) is 47.7 Å². The van der Waals surface area contributed by atoms with E-state index in [1.807, 2.05) is 17.0 Å². The van der Waals surface area contributed by atoms with Crippen LogP contribution in [0.1, 0.15) is 35.3 Å². The van der Waals surface area contributed by atoms with Gasteiger partial charge in [-0.25, -0.2) is 13.6 Å². The molecule has 7 heteroatoms. The Balaban J connectivity index is 1.34. The number of esters is 1. The molecule has 1 aliphatic heterocycles. The van der Waals surface area contributed by atoms with E-state index in [2.05, 4.69) is 42.6 Å². The molecule has 4 aromatic carbocycles. The number of fused-ring (bicyclic) bond motifs is 2. The normalized spacial score (nSPS) is 15.7. The Morgan fingerprint density at radius 2 is 1.89 bits per heavy atom. The van der Waals surface area contributed by atoms with Crippen LogP contribution in [0.2, 0.25) is 0 Å². The molecular formula is C30H28F2N2O3. The minimum absolute atomic E-state index is 0.131. The minimum atomic E-state index is -0.768. The molecule has 2 atom stereocenters. The van der Waals surface area contributed by atoms with E-state index >= 15 is 0 Å². The number of carbonyl (C=O) groups is 1. The van der Waals surface area contributed by atoms with Crippen LogP contribution in [-0.4, -0.2) is 32.3 Å². The lowest BCUT2D eigenvalue weighted by Crippen LogP contribution is -2.39. The number of hydrogen-bond donors (Lipinski definition) is 1. The third-order valence-corrected chi connectivity index (χ3v) is 6.77. The van der Waals surface area contributed by atoms with Crippen molar-refractivity contribution in [1.29, 1.82) is 0 Å². The zero-order valence-electron chi connectivity index (χ0n) is 20.7. The second-order valence-electron chi connectivity index (χ2n) is 9.15. The van der Waals surface area contributed by atoms with Gasteiger partial charge in [0.2, 0.25) is 0 Å². The average molecular weight is 503 g/mol. The fourth-order valence-electron chi connectivity index (χ4n) is 4.86. The molecule has 0 fully saturated rings. The van der Waals surface area contributed by atoms with Gasteiger partial charge in [0.25, 0.3) is 0 Å². The van der Waals surface area contributed by atoms with Gasteiger partial charge in [-0.3, -0.25) is 0 Å². The van der Waals surface area contributed by atoms with Crippen LogP contribution in [0.25, 0.3) is 10.8 Å². The predicted octanol–water partition coefficient (Wildman–Crippen LogP) is 6.54. The smallest absolute Gasteiger partial charge is 0.340 e. The van der Waals surface area contributed by atoms with Gasteiger partial charge in [-0.15, -0.1) is 0 Å². The highest BCUT2D eigenvalue weighted by molar-refractivity contribution is 5.91. The first-order valence-corrected chi connectivity index (χ1v) is 12.3. The number of carbonyl (C=O) groups excluding carboxylic acids is 1. The molecule has 1 heterocycles. The Kier molecular flexibility index (Phi) is 7.06. The van der Waals surface area contributed by atoms with Crippen molar-refractivity contribution in [3.05, 3.63) is 102 Å². The van der Waals surface area contributed by atoms with Crippen LogP contribution in [0.5, 0.6) is 5.75 Å². The molecule has 37 heavy (non-hydrogen) atoms. The molecular weight excluding hydrogens is 474 g/mol. The van der Waals surface area contributed by atoms with E-state index in [-0.39, 0.29) is 17.7 Å². The van der Waals surface area contributed by atoms with E-state index in [0.717, 1.165) is 0 Å². The summed E-state index contributed by atoms with van der Waals surface area (Å²) < 4.78 is 39.3. The van der Waals surface area contributed by atoms with Gasteiger partial charge in [0.05, 0.1) is 24.9 Å². The number of nitrogens with one attached hydrogen (secondary N) is 1. The summed E-state index contributed by atoms with van der Waals surface area (Å²) >= 11 is 0. The van der Waals surface area contributed by atoms with Crippen LogP contribution >= 0.6 is 0 Å². The van der Waals surface area contributed by atoms with Crippen molar-refractivity contribution in [2.75, 3.05) is 25.1 Å². The Labute approximate surface area is 214 Å². The number of halogens is 2. The quantitative estimate of drug-likeness (QED) is 0.291. The van der Waals surface area contributed by atoms with Crippen molar-refractivity contribution in [3.8, 4) is 5.75 Å². The zero-order valence-corrected chi connectivity index (χ0v) is 20.7. The lowest BCUT2D eigenvalue weighted by Gasteiger charge is -2.36. The van der Waals surface area contributed by atoms with Gasteiger partial charge in [0.1, 0.15) is 23.5 Å². The van der Waals surface area contributed by atoms with Gasteiger partial charge in [0, 0.05) is 17.8 Å². The number of hydrogen-bond acceptors (Lipinski definition) is 5. The number of benzene rings is 4. The van der Waals surface area contributed by atoms with E-state index in [0.29, 0.717) is 36.6 Å². The number of rotatable bonds is 7. The molecule has 0 bridgehead atoms. The molecule has 0 amide bonds. The molecule has 0 saturated carbocycles. The minimum Gasteiger partial charge on any atom is -0.486 e. The molecule has 5 nitrogen and oxygen atoms in total. The fourth-order valence-corrected chi connectivity index (χ4v) is 4.86. The number of ether oxygens (including phenoxy) is 2. The first-order valence-electron chi connectivity index (χ1n) is 12.3. The zero-order chi connectivity index (χ0) is 25.9. The van der Waals surface area contributed by atoms with Crippen molar-refractivity contribution in [2.45, 2.75) is 25.5 Å². The highest BCUT2D eigenvalue weighted by Crippen LogP contribution is 2.39. The van der Waals surface area contributed by atoms with Crippen LogP contribution < -0.4 is 15.0 Å². The summed E-state index contributed by atoms with van der Waals surface area (Å²) in [5, 5.41) is 6.02. The van der Waals surface area contributed by atoms with Crippen molar-refractivity contribution in [1.82, 2.24) is 5.32 Å². The van der Waals surface area contributed by atoms with Gasteiger partial charge in [-0.1, -0.05) is 42.5 Å². The van der Waals surface area contributed by atoms with E-state index in [4.69, 9.17) is 9.47 Å². The third-order valence-electron chi connectivity index (χ3n) is 6.77. The van der Waals surface area contributed by atoms with Gasteiger partial charge in [-0.05, 0) is 66.6 Å².